The molecule has 5 rings (SSSR count). The molecular weight excluding hydrogens is 562 g/mol. The maximum Gasteiger partial charge on any atom is 0.405 e. The third kappa shape index (κ3) is 7.17. The number of aromatic amines is 1. The third-order valence-electron chi connectivity index (χ3n) is 7.27. The molecule has 10 heteroatoms. The Morgan fingerprint density at radius 3 is 2.50 bits per heavy atom. The standard InChI is InChI=1S/C34H33N3O7/c1-43-30-16-21(20-44-25-9-5-8-23(17-25)32(37-34(41)42)22-6-3-2-4-7-22)10-11-24(30)18-35-19-29(39)26-12-14-28(38)33-27(26)13-15-31(40)36-33/h2-17,29,32,35,37-39H,18-20H2,1H3,(H,36,40)(H,41,42)/t29-,32?/m1/s1. The van der Waals surface area contributed by atoms with E-state index in [0.29, 0.717) is 29.0 Å². The van der Waals surface area contributed by atoms with Gasteiger partial charge in [-0.2, -0.15) is 0 Å². The van der Waals surface area contributed by atoms with E-state index in [1.807, 2.05) is 72.8 Å². The summed E-state index contributed by atoms with van der Waals surface area (Å²) in [5.41, 5.74) is 3.87. The van der Waals surface area contributed by atoms with Gasteiger partial charge in [-0.25, -0.2) is 4.79 Å². The van der Waals surface area contributed by atoms with Crippen LogP contribution in [0, 0.1) is 0 Å². The highest BCUT2D eigenvalue weighted by Gasteiger charge is 2.17. The van der Waals surface area contributed by atoms with Gasteiger partial charge in [-0.1, -0.05) is 60.7 Å². The number of methoxy groups -OCH3 is 1. The van der Waals surface area contributed by atoms with Crippen LogP contribution >= 0.6 is 0 Å². The van der Waals surface area contributed by atoms with Gasteiger partial charge in [0.25, 0.3) is 0 Å². The van der Waals surface area contributed by atoms with E-state index in [9.17, 15) is 24.9 Å². The predicted octanol–water partition coefficient (Wildman–Crippen LogP) is 5.00. The maximum absolute atomic E-state index is 11.7. The minimum absolute atomic E-state index is 0.0605. The largest absolute Gasteiger partial charge is 0.506 e. The van der Waals surface area contributed by atoms with E-state index in [1.54, 1.807) is 19.2 Å². The van der Waals surface area contributed by atoms with E-state index in [0.717, 1.165) is 22.3 Å². The second kappa shape index (κ2) is 13.8. The number of aromatic hydroxyl groups is 1. The smallest absolute Gasteiger partial charge is 0.405 e. The molecule has 44 heavy (non-hydrogen) atoms. The van der Waals surface area contributed by atoms with Crippen molar-refractivity contribution in [3.63, 3.8) is 0 Å². The van der Waals surface area contributed by atoms with Gasteiger partial charge in [0.05, 0.1) is 24.8 Å². The molecule has 0 bridgehead atoms. The molecule has 0 saturated heterocycles. The van der Waals surface area contributed by atoms with Gasteiger partial charge in [-0.05, 0) is 52.6 Å². The van der Waals surface area contributed by atoms with Crippen LogP contribution in [0.25, 0.3) is 10.9 Å². The number of pyridine rings is 1. The molecule has 6 N–H and O–H groups in total. The zero-order valence-corrected chi connectivity index (χ0v) is 24.0. The van der Waals surface area contributed by atoms with Crippen LogP contribution in [0.2, 0.25) is 0 Å². The molecule has 0 saturated carbocycles. The summed E-state index contributed by atoms with van der Waals surface area (Å²) in [6.45, 7) is 0.919. The van der Waals surface area contributed by atoms with E-state index in [-0.39, 0.29) is 30.0 Å². The lowest BCUT2D eigenvalue weighted by Gasteiger charge is -2.19. The van der Waals surface area contributed by atoms with Crippen molar-refractivity contribution < 1.29 is 29.6 Å². The number of rotatable bonds is 12. The van der Waals surface area contributed by atoms with Crippen LogP contribution in [-0.4, -0.2) is 40.1 Å². The van der Waals surface area contributed by atoms with Crippen LogP contribution in [-0.2, 0) is 13.2 Å². The van der Waals surface area contributed by atoms with Gasteiger partial charge < -0.3 is 40.4 Å². The Morgan fingerprint density at radius 2 is 1.73 bits per heavy atom. The SMILES string of the molecule is COc1cc(COc2cccc(C(NC(=O)O)c3ccccc3)c2)ccc1CNC[C@@H](O)c1ccc(O)c2[nH]c(=O)ccc12. The molecule has 0 radical (unpaired) electrons. The molecule has 0 aliphatic heterocycles. The number of aliphatic hydroxyl groups excluding tert-OH is 1. The number of H-pyrrole nitrogens is 1. The topological polar surface area (TPSA) is 153 Å². The Balaban J connectivity index is 1.22. The molecule has 4 aromatic carbocycles. The number of phenols is 1. The maximum atomic E-state index is 11.7. The van der Waals surface area contributed by atoms with Crippen LogP contribution in [0.15, 0.2) is 102 Å². The molecule has 0 aliphatic rings. The molecule has 1 aromatic heterocycles. The molecule has 1 unspecified atom stereocenters. The average Bonchev–Trinajstić information content (AvgIpc) is 3.03. The van der Waals surface area contributed by atoms with Gasteiger partial charge in [0, 0.05) is 30.1 Å². The number of hydrogen-bond donors (Lipinski definition) is 6. The number of aromatic nitrogens is 1. The monoisotopic (exact) mass is 595 g/mol. The van der Waals surface area contributed by atoms with E-state index >= 15 is 0 Å². The van der Waals surface area contributed by atoms with Crippen LogP contribution in [0.4, 0.5) is 4.79 Å². The molecule has 0 aliphatic carbocycles. The molecule has 1 amide bonds. The fourth-order valence-electron chi connectivity index (χ4n) is 5.11. The Morgan fingerprint density at radius 1 is 0.932 bits per heavy atom. The van der Waals surface area contributed by atoms with Crippen molar-refractivity contribution >= 4 is 17.0 Å². The van der Waals surface area contributed by atoms with Gasteiger partial charge in [0.2, 0.25) is 5.56 Å². The average molecular weight is 596 g/mol. The molecule has 10 nitrogen and oxygen atoms in total. The number of carbonyl (C=O) groups is 1. The van der Waals surface area contributed by atoms with Crippen molar-refractivity contribution in [2.24, 2.45) is 0 Å². The summed E-state index contributed by atoms with van der Waals surface area (Å²) in [7, 11) is 1.59. The van der Waals surface area contributed by atoms with Crippen LogP contribution in [0.5, 0.6) is 17.2 Å². The number of amides is 1. The van der Waals surface area contributed by atoms with E-state index < -0.39 is 18.2 Å². The summed E-state index contributed by atoms with van der Waals surface area (Å²) < 4.78 is 11.7. The minimum atomic E-state index is -1.12. The lowest BCUT2D eigenvalue weighted by atomic mass is 9.98. The van der Waals surface area contributed by atoms with Crippen molar-refractivity contribution in [1.29, 1.82) is 0 Å². The summed E-state index contributed by atoms with van der Waals surface area (Å²) in [4.78, 5) is 25.8. The van der Waals surface area contributed by atoms with E-state index in [4.69, 9.17) is 9.47 Å². The molecule has 226 valence electrons. The minimum Gasteiger partial charge on any atom is -0.506 e. The molecule has 0 fully saturated rings. The molecule has 1 heterocycles. The highest BCUT2D eigenvalue weighted by atomic mass is 16.5. The number of ether oxygens (including phenoxy) is 2. The number of fused-ring (bicyclic) bond motifs is 1. The summed E-state index contributed by atoms with van der Waals surface area (Å²) in [6, 6.07) is 27.9. The fourth-order valence-corrected chi connectivity index (χ4v) is 5.11. The van der Waals surface area contributed by atoms with Crippen molar-refractivity contribution in [3.05, 3.63) is 135 Å². The van der Waals surface area contributed by atoms with Crippen LogP contribution in [0.3, 0.4) is 0 Å². The lowest BCUT2D eigenvalue weighted by Crippen LogP contribution is -2.27. The summed E-state index contributed by atoms with van der Waals surface area (Å²) in [6.07, 6.45) is -2.00. The van der Waals surface area contributed by atoms with Gasteiger partial charge >= 0.3 is 6.09 Å². The summed E-state index contributed by atoms with van der Waals surface area (Å²) >= 11 is 0. The van der Waals surface area contributed by atoms with Gasteiger partial charge in [-0.15, -0.1) is 0 Å². The molecule has 5 aromatic rings. The number of benzene rings is 4. The van der Waals surface area contributed by atoms with Gasteiger partial charge in [-0.3, -0.25) is 4.79 Å². The lowest BCUT2D eigenvalue weighted by molar-refractivity contribution is 0.175. The number of nitrogens with one attached hydrogen (secondary N) is 3. The Bertz CT molecular complexity index is 1810. The summed E-state index contributed by atoms with van der Waals surface area (Å²) in [5.74, 6) is 1.19. The number of aliphatic hydroxyl groups is 1. The van der Waals surface area contributed by atoms with E-state index in [2.05, 4.69) is 15.6 Å². The predicted molar refractivity (Wildman–Crippen MR) is 166 cm³/mol. The first kappa shape index (κ1) is 30.1. The zero-order valence-electron chi connectivity index (χ0n) is 24.0. The number of phenolic OH excluding ortho intramolecular Hbond substituents is 1. The summed E-state index contributed by atoms with van der Waals surface area (Å²) in [5, 5.41) is 36.7. The molecule has 0 spiro atoms. The quantitative estimate of drug-likeness (QED) is 0.118. The van der Waals surface area contributed by atoms with Crippen LogP contribution in [0.1, 0.15) is 40.0 Å². The highest BCUT2D eigenvalue weighted by Crippen LogP contribution is 2.29. The Hall–Kier alpha value is -5.32. The van der Waals surface area contributed by atoms with Crippen molar-refractivity contribution in [1.82, 2.24) is 15.6 Å². The number of carboxylic acid groups (broad SMARTS) is 1. The van der Waals surface area contributed by atoms with Crippen molar-refractivity contribution in [2.75, 3.05) is 13.7 Å². The first-order valence-corrected chi connectivity index (χ1v) is 14.0. The normalized spacial score (nSPS) is 12.4. The molecule has 2 atom stereocenters. The fraction of sp³-hybridized carbons (Fsp3) is 0.176. The number of hydrogen-bond acceptors (Lipinski definition) is 7. The molecular formula is C34H33N3O7. The first-order valence-electron chi connectivity index (χ1n) is 14.0. The van der Waals surface area contributed by atoms with Crippen LogP contribution < -0.4 is 25.7 Å². The Kier molecular flexibility index (Phi) is 9.43. The first-order chi connectivity index (χ1) is 21.3. The van der Waals surface area contributed by atoms with Gasteiger partial charge in [0.1, 0.15) is 23.9 Å². The third-order valence-corrected chi connectivity index (χ3v) is 7.27. The van der Waals surface area contributed by atoms with Crippen molar-refractivity contribution in [3.8, 4) is 17.2 Å². The van der Waals surface area contributed by atoms with Gasteiger partial charge in [0.15, 0.2) is 0 Å². The van der Waals surface area contributed by atoms with Crippen molar-refractivity contribution in [2.45, 2.75) is 25.3 Å². The van der Waals surface area contributed by atoms with E-state index in [1.165, 1.54) is 12.1 Å². The Labute approximate surface area is 253 Å². The second-order valence-electron chi connectivity index (χ2n) is 10.2. The second-order valence-corrected chi connectivity index (χ2v) is 10.2. The zero-order chi connectivity index (χ0) is 31.1. The highest BCUT2D eigenvalue weighted by molar-refractivity contribution is 5.87.